The molecular formula is C22H27N5O4. The molecule has 9 heteroatoms. The predicted molar refractivity (Wildman–Crippen MR) is 117 cm³/mol. The zero-order valence-corrected chi connectivity index (χ0v) is 18.0. The summed E-state index contributed by atoms with van der Waals surface area (Å²) in [5, 5.41) is 2.94. The van der Waals surface area contributed by atoms with Gasteiger partial charge in [0, 0.05) is 51.1 Å². The van der Waals surface area contributed by atoms with E-state index in [1.807, 2.05) is 35.5 Å². The molecule has 0 saturated carbocycles. The molecule has 0 atom stereocenters. The molecule has 1 aromatic carbocycles. The highest BCUT2D eigenvalue weighted by Crippen LogP contribution is 2.40. The summed E-state index contributed by atoms with van der Waals surface area (Å²) in [4.78, 5) is 21.4. The molecule has 1 aliphatic heterocycles. The second-order valence-corrected chi connectivity index (χ2v) is 7.29. The Bertz CT molecular complexity index is 1030. The minimum absolute atomic E-state index is 0.149. The number of fused-ring (bicyclic) bond motifs is 1. The highest BCUT2D eigenvalue weighted by molar-refractivity contribution is 5.90. The summed E-state index contributed by atoms with van der Waals surface area (Å²) < 4.78 is 18.1. The van der Waals surface area contributed by atoms with E-state index >= 15 is 0 Å². The number of aromatic nitrogens is 2. The average Bonchev–Trinajstić information content (AvgIpc) is 3.21. The third kappa shape index (κ3) is 4.36. The number of nitrogens with zero attached hydrogens (tertiary/aromatic N) is 4. The summed E-state index contributed by atoms with van der Waals surface area (Å²) in [6.07, 6.45) is 3.94. The van der Waals surface area contributed by atoms with E-state index in [1.54, 1.807) is 33.5 Å². The fourth-order valence-electron chi connectivity index (χ4n) is 3.80. The fourth-order valence-corrected chi connectivity index (χ4v) is 3.80. The molecule has 0 radical (unpaired) electrons. The SMILES string of the molecule is COc1cc(NC(=O)N2CCN(Cc3cnc4ccccn34)CC2)cc(OC)c1OC. The number of carbonyl (C=O) groups is 1. The van der Waals surface area contributed by atoms with E-state index in [1.165, 1.54) is 0 Å². The minimum atomic E-state index is -0.149. The molecule has 0 aliphatic carbocycles. The molecule has 164 valence electrons. The number of imidazole rings is 1. The largest absolute Gasteiger partial charge is 0.493 e. The van der Waals surface area contributed by atoms with Crippen LogP contribution < -0.4 is 19.5 Å². The Kier molecular flexibility index (Phi) is 6.13. The lowest BCUT2D eigenvalue weighted by Crippen LogP contribution is -2.49. The molecular weight excluding hydrogens is 398 g/mol. The molecule has 0 bridgehead atoms. The van der Waals surface area contributed by atoms with E-state index in [4.69, 9.17) is 14.2 Å². The number of urea groups is 1. The molecule has 1 aliphatic rings. The summed E-state index contributed by atoms with van der Waals surface area (Å²) in [6.45, 7) is 3.68. The molecule has 3 aromatic rings. The summed E-state index contributed by atoms with van der Waals surface area (Å²) in [5.41, 5.74) is 2.68. The van der Waals surface area contributed by atoms with Crippen LogP contribution in [0.15, 0.2) is 42.7 Å². The first-order chi connectivity index (χ1) is 15.1. The number of anilines is 1. The Balaban J connectivity index is 1.36. The molecule has 2 aromatic heterocycles. The number of carbonyl (C=O) groups excluding carboxylic acids is 1. The van der Waals surface area contributed by atoms with Crippen LogP contribution >= 0.6 is 0 Å². The molecule has 1 saturated heterocycles. The van der Waals surface area contributed by atoms with Gasteiger partial charge >= 0.3 is 6.03 Å². The van der Waals surface area contributed by atoms with E-state index in [0.717, 1.165) is 31.0 Å². The lowest BCUT2D eigenvalue weighted by atomic mass is 10.2. The van der Waals surface area contributed by atoms with E-state index in [2.05, 4.69) is 19.6 Å². The summed E-state index contributed by atoms with van der Waals surface area (Å²) in [6, 6.07) is 9.28. The number of pyridine rings is 1. The number of rotatable bonds is 6. The lowest BCUT2D eigenvalue weighted by molar-refractivity contribution is 0.142. The van der Waals surface area contributed by atoms with Crippen LogP contribution in [0.3, 0.4) is 0 Å². The van der Waals surface area contributed by atoms with Crippen molar-refractivity contribution in [2.75, 3.05) is 52.8 Å². The average molecular weight is 425 g/mol. The standard InChI is InChI=1S/C22H27N5O4/c1-29-18-12-16(13-19(30-2)21(18)31-3)24-22(28)26-10-8-25(9-11-26)15-17-14-23-20-6-4-5-7-27(17)20/h4-7,12-14H,8-11,15H2,1-3H3,(H,24,28). The van der Waals surface area contributed by atoms with Crippen LogP contribution in [0.5, 0.6) is 17.2 Å². The quantitative estimate of drug-likeness (QED) is 0.654. The predicted octanol–water partition coefficient (Wildman–Crippen LogP) is 2.71. The lowest BCUT2D eigenvalue weighted by Gasteiger charge is -2.34. The maximum Gasteiger partial charge on any atom is 0.321 e. The van der Waals surface area contributed by atoms with Gasteiger partial charge in [0.25, 0.3) is 0 Å². The number of ether oxygens (including phenoxy) is 3. The van der Waals surface area contributed by atoms with Gasteiger partial charge in [0.1, 0.15) is 5.65 Å². The Morgan fingerprint density at radius 3 is 2.39 bits per heavy atom. The van der Waals surface area contributed by atoms with E-state index < -0.39 is 0 Å². The van der Waals surface area contributed by atoms with Crippen molar-refractivity contribution in [1.82, 2.24) is 19.2 Å². The van der Waals surface area contributed by atoms with Crippen molar-refractivity contribution >= 4 is 17.4 Å². The van der Waals surface area contributed by atoms with Crippen LogP contribution in [0.2, 0.25) is 0 Å². The Morgan fingerprint density at radius 1 is 1.03 bits per heavy atom. The summed E-state index contributed by atoms with van der Waals surface area (Å²) in [5.74, 6) is 1.48. The van der Waals surface area contributed by atoms with Gasteiger partial charge in [-0.2, -0.15) is 0 Å². The second kappa shape index (κ2) is 9.13. The highest BCUT2D eigenvalue weighted by atomic mass is 16.5. The Hall–Kier alpha value is -3.46. The Morgan fingerprint density at radius 2 is 1.74 bits per heavy atom. The number of hydrogen-bond acceptors (Lipinski definition) is 6. The smallest absolute Gasteiger partial charge is 0.321 e. The molecule has 2 amide bonds. The van der Waals surface area contributed by atoms with Gasteiger partial charge in [-0.3, -0.25) is 4.90 Å². The Labute approximate surface area is 181 Å². The number of benzene rings is 1. The van der Waals surface area contributed by atoms with Crippen LogP contribution in [0.4, 0.5) is 10.5 Å². The van der Waals surface area contributed by atoms with Gasteiger partial charge in [0.15, 0.2) is 11.5 Å². The molecule has 3 heterocycles. The van der Waals surface area contributed by atoms with Crippen LogP contribution in [-0.4, -0.2) is 72.7 Å². The molecule has 9 nitrogen and oxygen atoms in total. The maximum absolute atomic E-state index is 12.8. The number of piperazine rings is 1. The normalized spacial score (nSPS) is 14.5. The van der Waals surface area contributed by atoms with Crippen molar-refractivity contribution in [2.24, 2.45) is 0 Å². The zero-order chi connectivity index (χ0) is 21.8. The maximum atomic E-state index is 12.8. The monoisotopic (exact) mass is 425 g/mol. The number of methoxy groups -OCH3 is 3. The molecule has 1 fully saturated rings. The molecule has 4 rings (SSSR count). The molecule has 31 heavy (non-hydrogen) atoms. The molecule has 0 spiro atoms. The first-order valence-corrected chi connectivity index (χ1v) is 10.1. The number of amides is 2. The topological polar surface area (TPSA) is 80.6 Å². The fraction of sp³-hybridized carbons (Fsp3) is 0.364. The van der Waals surface area contributed by atoms with Crippen LogP contribution in [0.1, 0.15) is 5.69 Å². The van der Waals surface area contributed by atoms with Gasteiger partial charge in [-0.05, 0) is 12.1 Å². The van der Waals surface area contributed by atoms with Crippen molar-refractivity contribution in [3.63, 3.8) is 0 Å². The molecule has 0 unspecified atom stereocenters. The van der Waals surface area contributed by atoms with Crippen molar-refractivity contribution in [3.05, 3.63) is 48.4 Å². The summed E-state index contributed by atoms with van der Waals surface area (Å²) in [7, 11) is 4.64. The first-order valence-electron chi connectivity index (χ1n) is 10.1. The van der Waals surface area contributed by atoms with Crippen molar-refractivity contribution in [1.29, 1.82) is 0 Å². The van der Waals surface area contributed by atoms with Gasteiger partial charge < -0.3 is 28.8 Å². The van der Waals surface area contributed by atoms with Crippen LogP contribution in [0.25, 0.3) is 5.65 Å². The van der Waals surface area contributed by atoms with Gasteiger partial charge in [0.05, 0.1) is 38.9 Å². The van der Waals surface area contributed by atoms with Gasteiger partial charge in [-0.25, -0.2) is 9.78 Å². The number of hydrogen-bond donors (Lipinski definition) is 1. The van der Waals surface area contributed by atoms with Crippen LogP contribution in [-0.2, 0) is 6.54 Å². The number of nitrogens with one attached hydrogen (secondary N) is 1. The van der Waals surface area contributed by atoms with E-state index in [9.17, 15) is 4.79 Å². The van der Waals surface area contributed by atoms with E-state index in [-0.39, 0.29) is 6.03 Å². The summed E-state index contributed by atoms with van der Waals surface area (Å²) >= 11 is 0. The molecule has 1 N–H and O–H groups in total. The highest BCUT2D eigenvalue weighted by Gasteiger charge is 2.23. The van der Waals surface area contributed by atoms with Crippen molar-refractivity contribution < 1.29 is 19.0 Å². The third-order valence-corrected chi connectivity index (χ3v) is 5.45. The van der Waals surface area contributed by atoms with Crippen molar-refractivity contribution in [3.8, 4) is 17.2 Å². The third-order valence-electron chi connectivity index (χ3n) is 5.45. The second-order valence-electron chi connectivity index (χ2n) is 7.29. The van der Waals surface area contributed by atoms with Gasteiger partial charge in [-0.15, -0.1) is 0 Å². The first kappa shape index (κ1) is 20.8. The van der Waals surface area contributed by atoms with Crippen LogP contribution in [0, 0.1) is 0 Å². The van der Waals surface area contributed by atoms with Gasteiger partial charge in [0.2, 0.25) is 5.75 Å². The zero-order valence-electron chi connectivity index (χ0n) is 18.0. The minimum Gasteiger partial charge on any atom is -0.493 e. The van der Waals surface area contributed by atoms with E-state index in [0.29, 0.717) is 36.0 Å². The van der Waals surface area contributed by atoms with Gasteiger partial charge in [-0.1, -0.05) is 6.07 Å². The van der Waals surface area contributed by atoms with Crippen molar-refractivity contribution in [2.45, 2.75) is 6.54 Å².